The van der Waals surface area contributed by atoms with E-state index in [9.17, 15) is 4.79 Å². The third kappa shape index (κ3) is 4.12. The first-order valence-electron chi connectivity index (χ1n) is 9.58. The molecule has 0 saturated carbocycles. The van der Waals surface area contributed by atoms with Gasteiger partial charge in [0.05, 0.1) is 0 Å². The average molecular weight is 338 g/mol. The fourth-order valence-electron chi connectivity index (χ4n) is 3.80. The summed E-state index contributed by atoms with van der Waals surface area (Å²) in [5.41, 5.74) is 9.74. The van der Waals surface area contributed by atoms with Crippen molar-refractivity contribution in [1.29, 1.82) is 0 Å². The van der Waals surface area contributed by atoms with E-state index in [-0.39, 0.29) is 11.2 Å². The van der Waals surface area contributed by atoms with Gasteiger partial charge in [0, 0.05) is 16.8 Å². The predicted molar refractivity (Wildman–Crippen MR) is 107 cm³/mol. The molecule has 0 unspecified atom stereocenters. The van der Waals surface area contributed by atoms with Crippen LogP contribution in [0.3, 0.4) is 0 Å². The van der Waals surface area contributed by atoms with Crippen LogP contribution in [0.4, 0.5) is 5.69 Å². The lowest BCUT2D eigenvalue weighted by Gasteiger charge is -2.34. The van der Waals surface area contributed by atoms with Crippen molar-refractivity contribution in [3.63, 3.8) is 0 Å². The number of benzene rings is 2. The minimum absolute atomic E-state index is 0.00890. The Morgan fingerprint density at radius 3 is 2.20 bits per heavy atom. The zero-order valence-corrected chi connectivity index (χ0v) is 15.8. The number of anilines is 1. The number of carbonyl (C=O) groups excluding carboxylic acids is 1. The summed E-state index contributed by atoms with van der Waals surface area (Å²) in [5.74, 6) is 0.00890. The van der Waals surface area contributed by atoms with Gasteiger partial charge in [0.2, 0.25) is 0 Å². The maximum atomic E-state index is 12.9. The van der Waals surface area contributed by atoms with Gasteiger partial charge in [-0.25, -0.2) is 0 Å². The number of hydrogen-bond acceptors (Lipinski definition) is 2. The molecule has 0 radical (unpaired) electrons. The second-order valence-corrected chi connectivity index (χ2v) is 6.91. The summed E-state index contributed by atoms with van der Waals surface area (Å²) in [4.78, 5) is 12.9. The largest absolute Gasteiger partial charge is 0.398 e. The van der Waals surface area contributed by atoms with E-state index in [1.165, 1.54) is 19.3 Å². The second-order valence-electron chi connectivity index (χ2n) is 6.91. The van der Waals surface area contributed by atoms with Crippen LogP contribution >= 0.6 is 0 Å². The lowest BCUT2D eigenvalue weighted by molar-refractivity contribution is 0.103. The highest BCUT2D eigenvalue weighted by Crippen LogP contribution is 2.41. The number of hydrogen-bond donors (Lipinski definition) is 1. The zero-order valence-electron chi connectivity index (χ0n) is 15.8. The zero-order chi connectivity index (χ0) is 18.3. The van der Waals surface area contributed by atoms with Crippen LogP contribution < -0.4 is 5.73 Å². The van der Waals surface area contributed by atoms with Crippen molar-refractivity contribution >= 4 is 11.5 Å². The summed E-state index contributed by atoms with van der Waals surface area (Å²) in [5, 5.41) is 0. The molecule has 0 bridgehead atoms. The molecule has 2 nitrogen and oxygen atoms in total. The molecule has 2 aromatic rings. The Labute approximate surface area is 152 Å². The Bertz CT molecular complexity index is 686. The van der Waals surface area contributed by atoms with Crippen LogP contribution in [0, 0.1) is 0 Å². The molecule has 0 aromatic heterocycles. The molecule has 0 heterocycles. The molecule has 0 aliphatic carbocycles. The molecule has 0 spiro atoms. The smallest absolute Gasteiger partial charge is 0.195 e. The molecule has 0 fully saturated rings. The van der Waals surface area contributed by atoms with E-state index in [4.69, 9.17) is 5.73 Å². The first-order chi connectivity index (χ1) is 12.1. The van der Waals surface area contributed by atoms with E-state index in [1.54, 1.807) is 0 Å². The first kappa shape index (κ1) is 19.2. The highest BCUT2D eigenvalue weighted by Gasteiger charge is 2.31. The molecule has 2 N–H and O–H groups in total. The van der Waals surface area contributed by atoms with Gasteiger partial charge in [-0.15, -0.1) is 0 Å². The van der Waals surface area contributed by atoms with Crippen molar-refractivity contribution in [2.45, 2.75) is 64.7 Å². The van der Waals surface area contributed by atoms with Crippen LogP contribution in [-0.4, -0.2) is 5.78 Å². The topological polar surface area (TPSA) is 43.1 Å². The van der Waals surface area contributed by atoms with Crippen LogP contribution in [0.25, 0.3) is 0 Å². The third-order valence-corrected chi connectivity index (χ3v) is 5.57. The number of rotatable bonds is 9. The molecule has 0 amide bonds. The number of unbranched alkanes of at least 4 members (excludes halogenated alkanes) is 2. The fraction of sp³-hybridized carbons (Fsp3) is 0.435. The minimum atomic E-state index is 0.00890. The van der Waals surface area contributed by atoms with Gasteiger partial charge in [-0.05, 0) is 36.3 Å². The number of nitrogens with two attached hydrogens (primary N) is 1. The van der Waals surface area contributed by atoms with E-state index < -0.39 is 0 Å². The third-order valence-electron chi connectivity index (χ3n) is 5.57. The summed E-state index contributed by atoms with van der Waals surface area (Å²) in [6, 6.07) is 15.4. The van der Waals surface area contributed by atoms with Crippen LogP contribution in [0.5, 0.6) is 0 Å². The Balaban J connectivity index is 2.43. The van der Waals surface area contributed by atoms with E-state index in [2.05, 4.69) is 26.8 Å². The van der Waals surface area contributed by atoms with Crippen LogP contribution in [0.1, 0.15) is 80.8 Å². The van der Waals surface area contributed by atoms with Crippen LogP contribution in [0.15, 0.2) is 48.5 Å². The predicted octanol–water partition coefficient (Wildman–Crippen LogP) is 6.14. The normalized spacial score (nSPS) is 11.5. The molecular formula is C23H31NO. The molecule has 0 aliphatic heterocycles. The van der Waals surface area contributed by atoms with Crippen molar-refractivity contribution in [2.24, 2.45) is 0 Å². The van der Waals surface area contributed by atoms with Gasteiger partial charge in [-0.3, -0.25) is 4.79 Å². The Hall–Kier alpha value is -2.09. The van der Waals surface area contributed by atoms with E-state index in [0.717, 1.165) is 24.8 Å². The van der Waals surface area contributed by atoms with Gasteiger partial charge in [-0.2, -0.15) is 0 Å². The standard InChI is InChI=1S/C23H31NO/c1-4-7-11-17-23(5-2,6-3)20-16-12-15-19(21(20)24)22(25)18-13-9-8-10-14-18/h8-10,12-16H,4-7,11,17,24H2,1-3H3. The van der Waals surface area contributed by atoms with Crippen molar-refractivity contribution in [1.82, 2.24) is 0 Å². The van der Waals surface area contributed by atoms with Crippen LogP contribution in [-0.2, 0) is 5.41 Å². The summed E-state index contributed by atoms with van der Waals surface area (Å²) in [6.07, 6.45) is 6.87. The van der Waals surface area contributed by atoms with Gasteiger partial charge in [0.15, 0.2) is 5.78 Å². The average Bonchev–Trinajstić information content (AvgIpc) is 2.66. The lowest BCUT2D eigenvalue weighted by Crippen LogP contribution is -2.26. The van der Waals surface area contributed by atoms with Gasteiger partial charge in [-0.1, -0.05) is 82.5 Å². The summed E-state index contributed by atoms with van der Waals surface area (Å²) >= 11 is 0. The van der Waals surface area contributed by atoms with Crippen molar-refractivity contribution < 1.29 is 4.79 Å². The van der Waals surface area contributed by atoms with Crippen molar-refractivity contribution in [3.05, 3.63) is 65.2 Å². The number of para-hydroxylation sites is 1. The van der Waals surface area contributed by atoms with E-state index in [1.807, 2.05) is 42.5 Å². The van der Waals surface area contributed by atoms with Gasteiger partial charge in [0.25, 0.3) is 0 Å². The minimum Gasteiger partial charge on any atom is -0.398 e. The molecule has 2 rings (SSSR count). The molecule has 2 heteroatoms. The van der Waals surface area contributed by atoms with Crippen molar-refractivity contribution in [3.8, 4) is 0 Å². The van der Waals surface area contributed by atoms with Crippen LogP contribution in [0.2, 0.25) is 0 Å². The Morgan fingerprint density at radius 1 is 0.920 bits per heavy atom. The molecule has 0 saturated heterocycles. The molecule has 0 aliphatic rings. The SMILES string of the molecule is CCCCCC(CC)(CC)c1cccc(C(=O)c2ccccc2)c1N. The first-order valence-corrected chi connectivity index (χ1v) is 9.58. The van der Waals surface area contributed by atoms with E-state index >= 15 is 0 Å². The van der Waals surface area contributed by atoms with Gasteiger partial charge >= 0.3 is 0 Å². The molecule has 2 aromatic carbocycles. The highest BCUT2D eigenvalue weighted by atomic mass is 16.1. The van der Waals surface area contributed by atoms with E-state index in [0.29, 0.717) is 16.8 Å². The summed E-state index contributed by atoms with van der Waals surface area (Å²) in [7, 11) is 0. The quantitative estimate of drug-likeness (QED) is 0.339. The Kier molecular flexibility index (Phi) is 6.81. The summed E-state index contributed by atoms with van der Waals surface area (Å²) < 4.78 is 0. The summed E-state index contributed by atoms with van der Waals surface area (Å²) in [6.45, 7) is 6.70. The molecule has 134 valence electrons. The Morgan fingerprint density at radius 2 is 1.60 bits per heavy atom. The maximum Gasteiger partial charge on any atom is 0.195 e. The number of ketones is 1. The maximum absolute atomic E-state index is 12.9. The van der Waals surface area contributed by atoms with Gasteiger partial charge in [0.1, 0.15) is 0 Å². The molecular weight excluding hydrogens is 306 g/mol. The lowest BCUT2D eigenvalue weighted by atomic mass is 9.71. The number of carbonyl (C=O) groups is 1. The second kappa shape index (κ2) is 8.84. The molecule has 0 atom stereocenters. The monoisotopic (exact) mass is 337 g/mol. The van der Waals surface area contributed by atoms with Gasteiger partial charge < -0.3 is 5.73 Å². The number of nitrogen functional groups attached to an aromatic ring is 1. The molecule has 25 heavy (non-hydrogen) atoms. The van der Waals surface area contributed by atoms with Crippen molar-refractivity contribution in [2.75, 3.05) is 5.73 Å². The highest BCUT2D eigenvalue weighted by molar-refractivity contribution is 6.12. The fourth-order valence-corrected chi connectivity index (χ4v) is 3.80.